The normalized spacial score (nSPS) is 10.9. The molecule has 0 radical (unpaired) electrons. The molecule has 7 nitrogen and oxygen atoms in total. The molecule has 0 spiro atoms. The minimum Gasteiger partial charge on any atom is -0.462 e. The second-order valence-electron chi connectivity index (χ2n) is 8.01. The molecule has 0 fully saturated rings. The van der Waals surface area contributed by atoms with E-state index in [1.165, 1.54) is 22.2 Å². The van der Waals surface area contributed by atoms with Crippen LogP contribution in [-0.4, -0.2) is 28.0 Å². The van der Waals surface area contributed by atoms with Gasteiger partial charge < -0.3 is 10.1 Å². The Morgan fingerprint density at radius 2 is 1.83 bits per heavy atom. The van der Waals surface area contributed by atoms with Crippen molar-refractivity contribution in [3.8, 4) is 11.1 Å². The van der Waals surface area contributed by atoms with E-state index in [0.29, 0.717) is 33.1 Å². The van der Waals surface area contributed by atoms with Gasteiger partial charge in [0.15, 0.2) is 0 Å². The summed E-state index contributed by atoms with van der Waals surface area (Å²) in [6, 6.07) is 13.7. The number of hydrogen-bond donors (Lipinski definition) is 1. The molecule has 2 heterocycles. The van der Waals surface area contributed by atoms with Crippen molar-refractivity contribution in [1.29, 1.82) is 0 Å². The zero-order chi connectivity index (χ0) is 24.9. The van der Waals surface area contributed by atoms with Gasteiger partial charge in [-0.25, -0.2) is 9.78 Å². The van der Waals surface area contributed by atoms with E-state index in [9.17, 15) is 14.4 Å². The van der Waals surface area contributed by atoms with Gasteiger partial charge in [-0.15, -0.1) is 11.3 Å². The number of hydrogen-bond acceptors (Lipinski definition) is 6. The third-order valence-corrected chi connectivity index (χ3v) is 6.70. The molecular weight excluding hydrogens is 486 g/mol. The maximum atomic E-state index is 13.3. The van der Waals surface area contributed by atoms with E-state index in [4.69, 9.17) is 16.3 Å². The SMILES string of the molecule is CCCCOC(=O)c1ccc(NC(=O)Cn2cnc3sc(C)c(-c4ccc(Cl)cc4)c3c2=O)cc1. The molecule has 0 saturated carbocycles. The van der Waals surface area contributed by atoms with Crippen LogP contribution in [0.25, 0.3) is 21.3 Å². The number of aryl methyl sites for hydroxylation is 1. The Hall–Kier alpha value is -3.49. The van der Waals surface area contributed by atoms with Crippen LogP contribution in [0.2, 0.25) is 5.02 Å². The monoisotopic (exact) mass is 509 g/mol. The summed E-state index contributed by atoms with van der Waals surface area (Å²) in [7, 11) is 0. The Kier molecular flexibility index (Phi) is 7.63. The maximum absolute atomic E-state index is 13.3. The molecule has 9 heteroatoms. The zero-order valence-corrected chi connectivity index (χ0v) is 20.9. The second kappa shape index (κ2) is 10.8. The maximum Gasteiger partial charge on any atom is 0.338 e. The minimum atomic E-state index is -0.398. The van der Waals surface area contributed by atoms with E-state index >= 15 is 0 Å². The highest BCUT2D eigenvalue weighted by Gasteiger charge is 2.18. The number of anilines is 1. The van der Waals surface area contributed by atoms with Crippen LogP contribution >= 0.6 is 22.9 Å². The highest BCUT2D eigenvalue weighted by Crippen LogP contribution is 2.35. The second-order valence-corrected chi connectivity index (χ2v) is 9.65. The summed E-state index contributed by atoms with van der Waals surface area (Å²) in [5.41, 5.74) is 2.30. The Balaban J connectivity index is 1.51. The molecule has 4 rings (SSSR count). The number of nitrogens with one attached hydrogen (secondary N) is 1. The third-order valence-electron chi connectivity index (χ3n) is 5.44. The van der Waals surface area contributed by atoms with E-state index in [0.717, 1.165) is 28.8 Å². The molecule has 2 aromatic carbocycles. The Bertz CT molecular complexity index is 1430. The number of carbonyl (C=O) groups is 2. The summed E-state index contributed by atoms with van der Waals surface area (Å²) in [6.45, 7) is 4.14. The number of rotatable bonds is 8. The van der Waals surface area contributed by atoms with Crippen molar-refractivity contribution in [1.82, 2.24) is 9.55 Å². The third kappa shape index (κ3) is 5.61. The molecule has 2 aromatic heterocycles. The minimum absolute atomic E-state index is 0.197. The fourth-order valence-electron chi connectivity index (χ4n) is 3.65. The summed E-state index contributed by atoms with van der Waals surface area (Å²) in [5.74, 6) is -0.781. The number of carbonyl (C=O) groups excluding carboxylic acids is 2. The Labute approximate surface area is 211 Å². The number of unbranched alkanes of at least 4 members (excludes halogenated alkanes) is 1. The van der Waals surface area contributed by atoms with E-state index in [2.05, 4.69) is 10.3 Å². The van der Waals surface area contributed by atoms with E-state index in [-0.39, 0.29) is 18.0 Å². The van der Waals surface area contributed by atoms with Crippen molar-refractivity contribution in [3.63, 3.8) is 0 Å². The highest BCUT2D eigenvalue weighted by atomic mass is 35.5. The summed E-state index contributed by atoms with van der Waals surface area (Å²) in [5, 5.41) is 3.84. The van der Waals surface area contributed by atoms with Crippen LogP contribution in [-0.2, 0) is 16.1 Å². The lowest BCUT2D eigenvalue weighted by atomic mass is 10.0. The molecule has 0 aliphatic rings. The quantitative estimate of drug-likeness (QED) is 0.244. The van der Waals surface area contributed by atoms with E-state index in [1.54, 1.807) is 36.4 Å². The number of aromatic nitrogens is 2. The zero-order valence-electron chi connectivity index (χ0n) is 19.3. The summed E-state index contributed by atoms with van der Waals surface area (Å²) >= 11 is 7.45. The summed E-state index contributed by atoms with van der Waals surface area (Å²) < 4.78 is 6.48. The standard InChI is InChI=1S/C26H24ClN3O4S/c1-3-4-13-34-26(33)18-7-11-20(12-8-18)29-21(31)14-30-15-28-24-23(25(30)32)22(16(2)35-24)17-5-9-19(27)10-6-17/h5-12,15H,3-4,13-14H2,1-2H3,(H,29,31). The van der Waals surface area contributed by atoms with Crippen molar-refractivity contribution >= 4 is 50.7 Å². The molecule has 0 bridgehead atoms. The van der Waals surface area contributed by atoms with Crippen LogP contribution in [0.1, 0.15) is 35.0 Å². The van der Waals surface area contributed by atoms with Crippen molar-refractivity contribution in [2.24, 2.45) is 0 Å². The smallest absolute Gasteiger partial charge is 0.338 e. The first kappa shape index (κ1) is 24.6. The molecule has 4 aromatic rings. The first-order valence-corrected chi connectivity index (χ1v) is 12.4. The fourth-order valence-corrected chi connectivity index (χ4v) is 4.78. The number of fused-ring (bicyclic) bond motifs is 1. The number of esters is 1. The molecule has 0 saturated heterocycles. The van der Waals surface area contributed by atoms with Gasteiger partial charge >= 0.3 is 5.97 Å². The number of ether oxygens (including phenoxy) is 1. The van der Waals surface area contributed by atoms with Crippen molar-refractivity contribution in [2.45, 2.75) is 33.2 Å². The van der Waals surface area contributed by atoms with Gasteiger partial charge in [-0.2, -0.15) is 0 Å². The summed E-state index contributed by atoms with van der Waals surface area (Å²) in [4.78, 5) is 44.0. The average Bonchev–Trinajstić information content (AvgIpc) is 3.18. The molecule has 1 N–H and O–H groups in total. The van der Waals surface area contributed by atoms with Gasteiger partial charge in [-0.05, 0) is 55.3 Å². The molecule has 35 heavy (non-hydrogen) atoms. The van der Waals surface area contributed by atoms with Crippen LogP contribution in [0.3, 0.4) is 0 Å². The number of nitrogens with zero attached hydrogens (tertiary/aromatic N) is 2. The van der Waals surface area contributed by atoms with Gasteiger partial charge in [0.2, 0.25) is 5.91 Å². The lowest BCUT2D eigenvalue weighted by Gasteiger charge is -2.09. The molecule has 0 aliphatic heterocycles. The van der Waals surface area contributed by atoms with Gasteiger partial charge in [0.1, 0.15) is 11.4 Å². The number of thiophene rings is 1. The molecule has 0 unspecified atom stereocenters. The lowest BCUT2D eigenvalue weighted by molar-refractivity contribution is -0.116. The van der Waals surface area contributed by atoms with E-state index < -0.39 is 5.97 Å². The van der Waals surface area contributed by atoms with Gasteiger partial charge in [-0.3, -0.25) is 14.2 Å². The lowest BCUT2D eigenvalue weighted by Crippen LogP contribution is -2.27. The van der Waals surface area contributed by atoms with Crippen LogP contribution in [0.4, 0.5) is 5.69 Å². The predicted octanol–water partition coefficient (Wildman–Crippen LogP) is 5.68. The largest absolute Gasteiger partial charge is 0.462 e. The highest BCUT2D eigenvalue weighted by molar-refractivity contribution is 7.19. The number of halogens is 1. The average molecular weight is 510 g/mol. The first-order valence-electron chi connectivity index (χ1n) is 11.2. The van der Waals surface area contributed by atoms with Gasteiger partial charge in [0.25, 0.3) is 5.56 Å². The van der Waals surface area contributed by atoms with Gasteiger partial charge in [0.05, 0.1) is 23.9 Å². The van der Waals surface area contributed by atoms with Crippen LogP contribution in [0.15, 0.2) is 59.7 Å². The number of amides is 1. The number of benzene rings is 2. The fraction of sp³-hybridized carbons (Fsp3) is 0.231. The van der Waals surface area contributed by atoms with Gasteiger partial charge in [-0.1, -0.05) is 37.1 Å². The molecule has 1 amide bonds. The summed E-state index contributed by atoms with van der Waals surface area (Å²) in [6.07, 6.45) is 3.14. The van der Waals surface area contributed by atoms with Crippen LogP contribution in [0.5, 0.6) is 0 Å². The van der Waals surface area contributed by atoms with Crippen LogP contribution < -0.4 is 10.9 Å². The molecule has 0 atom stereocenters. The Morgan fingerprint density at radius 1 is 1.11 bits per heavy atom. The topological polar surface area (TPSA) is 90.3 Å². The van der Waals surface area contributed by atoms with E-state index in [1.807, 2.05) is 26.0 Å². The Morgan fingerprint density at radius 3 is 2.51 bits per heavy atom. The van der Waals surface area contributed by atoms with Crippen molar-refractivity contribution in [3.05, 3.63) is 80.7 Å². The van der Waals surface area contributed by atoms with Gasteiger partial charge in [0, 0.05) is 21.2 Å². The first-order chi connectivity index (χ1) is 16.9. The molecule has 0 aliphatic carbocycles. The predicted molar refractivity (Wildman–Crippen MR) is 139 cm³/mol. The van der Waals surface area contributed by atoms with Crippen molar-refractivity contribution < 1.29 is 14.3 Å². The molecule has 180 valence electrons. The molecular formula is C26H24ClN3O4S. The van der Waals surface area contributed by atoms with Crippen molar-refractivity contribution in [2.75, 3.05) is 11.9 Å². The van der Waals surface area contributed by atoms with Crippen LogP contribution in [0, 0.1) is 6.92 Å².